The quantitative estimate of drug-likeness (QED) is 0.801. The van der Waals surface area contributed by atoms with Gasteiger partial charge < -0.3 is 9.47 Å². The Morgan fingerprint density at radius 1 is 1.41 bits per heavy atom. The summed E-state index contributed by atoms with van der Waals surface area (Å²) in [5, 5.41) is 0. The number of hydrogen-bond acceptors (Lipinski definition) is 3. The van der Waals surface area contributed by atoms with Crippen LogP contribution in [0.15, 0.2) is 22.7 Å². The minimum atomic E-state index is -0.201. The van der Waals surface area contributed by atoms with Gasteiger partial charge in [0.25, 0.3) is 0 Å². The Hall–Kier alpha value is -1.03. The summed E-state index contributed by atoms with van der Waals surface area (Å²) in [5.74, 6) is 0.747. The van der Waals surface area contributed by atoms with Gasteiger partial charge in [-0.3, -0.25) is 4.79 Å². The molecular weight excluding hydrogens is 284 g/mol. The molecule has 4 heteroatoms. The summed E-state index contributed by atoms with van der Waals surface area (Å²) in [6, 6.07) is 5.76. The maximum absolute atomic E-state index is 11.9. The number of methoxy groups -OCH3 is 2. The summed E-state index contributed by atoms with van der Waals surface area (Å²) in [6.07, 6.45) is 2.16. The van der Waals surface area contributed by atoms with Crippen molar-refractivity contribution < 1.29 is 14.3 Å². The third kappa shape index (κ3) is 2.46. The number of rotatable bonds is 4. The zero-order chi connectivity index (χ0) is 12.4. The van der Waals surface area contributed by atoms with Crippen molar-refractivity contribution in [3.8, 4) is 5.75 Å². The maximum atomic E-state index is 11.9. The van der Waals surface area contributed by atoms with Gasteiger partial charge >= 0.3 is 5.97 Å². The molecule has 0 aromatic heterocycles. The van der Waals surface area contributed by atoms with Crippen LogP contribution in [0.25, 0.3) is 0 Å². The van der Waals surface area contributed by atoms with Gasteiger partial charge in [-0.2, -0.15) is 0 Å². The lowest BCUT2D eigenvalue weighted by Gasteiger charge is -2.18. The van der Waals surface area contributed by atoms with E-state index in [1.165, 1.54) is 7.11 Å². The van der Waals surface area contributed by atoms with E-state index in [1.807, 2.05) is 18.2 Å². The summed E-state index contributed by atoms with van der Waals surface area (Å²) in [6.45, 7) is 0. The highest BCUT2D eigenvalue weighted by atomic mass is 79.9. The molecule has 17 heavy (non-hydrogen) atoms. The van der Waals surface area contributed by atoms with Crippen molar-refractivity contribution in [1.29, 1.82) is 0 Å². The highest BCUT2D eigenvalue weighted by Gasteiger charge is 2.39. The molecule has 0 N–H and O–H groups in total. The van der Waals surface area contributed by atoms with Crippen LogP contribution in [0.2, 0.25) is 0 Å². The zero-order valence-corrected chi connectivity index (χ0v) is 11.5. The highest BCUT2D eigenvalue weighted by Crippen LogP contribution is 2.47. The Morgan fingerprint density at radius 2 is 2.12 bits per heavy atom. The average molecular weight is 299 g/mol. The monoisotopic (exact) mass is 298 g/mol. The van der Waals surface area contributed by atoms with Crippen LogP contribution < -0.4 is 4.74 Å². The van der Waals surface area contributed by atoms with E-state index in [0.29, 0.717) is 5.92 Å². The van der Waals surface area contributed by atoms with Gasteiger partial charge in [0, 0.05) is 5.56 Å². The van der Waals surface area contributed by atoms with Crippen molar-refractivity contribution in [2.24, 2.45) is 5.92 Å². The van der Waals surface area contributed by atoms with Crippen LogP contribution in [0.3, 0.4) is 0 Å². The SMILES string of the molecule is COC(=O)C(c1cccc(Br)c1OC)C1CC1. The Balaban J connectivity index is 2.42. The number of hydrogen-bond donors (Lipinski definition) is 0. The predicted octanol–water partition coefficient (Wildman–Crippen LogP) is 3.12. The molecule has 0 aliphatic heterocycles. The van der Waals surface area contributed by atoms with Gasteiger partial charge in [0.15, 0.2) is 0 Å². The molecule has 1 aromatic carbocycles. The summed E-state index contributed by atoms with van der Waals surface area (Å²) >= 11 is 3.44. The number of para-hydroxylation sites is 1. The Bertz CT molecular complexity index is 427. The van der Waals surface area contributed by atoms with Crippen LogP contribution in [0, 0.1) is 5.92 Å². The fourth-order valence-electron chi connectivity index (χ4n) is 2.12. The predicted molar refractivity (Wildman–Crippen MR) is 68.2 cm³/mol. The lowest BCUT2D eigenvalue weighted by molar-refractivity contribution is -0.143. The molecule has 92 valence electrons. The normalized spacial score (nSPS) is 16.4. The largest absolute Gasteiger partial charge is 0.495 e. The molecule has 3 nitrogen and oxygen atoms in total. The van der Waals surface area contributed by atoms with E-state index < -0.39 is 0 Å². The number of esters is 1. The molecule has 1 fully saturated rings. The van der Waals surface area contributed by atoms with E-state index in [4.69, 9.17) is 9.47 Å². The van der Waals surface area contributed by atoms with Gasteiger partial charge in [-0.15, -0.1) is 0 Å². The van der Waals surface area contributed by atoms with Crippen molar-refractivity contribution in [3.63, 3.8) is 0 Å². The van der Waals surface area contributed by atoms with Crippen LogP contribution in [-0.2, 0) is 9.53 Å². The molecule has 0 bridgehead atoms. The Morgan fingerprint density at radius 3 is 2.65 bits per heavy atom. The number of carbonyl (C=O) groups excluding carboxylic acids is 1. The highest BCUT2D eigenvalue weighted by molar-refractivity contribution is 9.10. The second-order valence-electron chi connectivity index (χ2n) is 4.20. The van der Waals surface area contributed by atoms with Crippen molar-refractivity contribution in [1.82, 2.24) is 0 Å². The third-order valence-electron chi connectivity index (χ3n) is 3.09. The van der Waals surface area contributed by atoms with Crippen LogP contribution in [-0.4, -0.2) is 20.2 Å². The summed E-state index contributed by atoms with van der Waals surface area (Å²) in [5.41, 5.74) is 0.913. The minimum Gasteiger partial charge on any atom is -0.495 e. The van der Waals surface area contributed by atoms with Crippen molar-refractivity contribution in [2.75, 3.05) is 14.2 Å². The Labute approximate surface area is 109 Å². The molecule has 0 radical (unpaired) electrons. The zero-order valence-electron chi connectivity index (χ0n) is 9.90. The van der Waals surface area contributed by atoms with Crippen molar-refractivity contribution >= 4 is 21.9 Å². The molecule has 1 aliphatic carbocycles. The van der Waals surface area contributed by atoms with Gasteiger partial charge in [-0.25, -0.2) is 0 Å². The molecule has 1 saturated carbocycles. The fraction of sp³-hybridized carbons (Fsp3) is 0.462. The first kappa shape index (κ1) is 12.4. The second-order valence-corrected chi connectivity index (χ2v) is 5.05. The van der Waals surface area contributed by atoms with Gasteiger partial charge in [0.2, 0.25) is 0 Å². The fourth-order valence-corrected chi connectivity index (χ4v) is 2.66. The standard InChI is InChI=1S/C13H15BrO3/c1-16-12-9(4-3-5-10(12)14)11(8-6-7-8)13(15)17-2/h3-5,8,11H,6-7H2,1-2H3. The van der Waals surface area contributed by atoms with E-state index >= 15 is 0 Å². The van der Waals surface area contributed by atoms with Crippen LogP contribution in [0.1, 0.15) is 24.3 Å². The van der Waals surface area contributed by atoms with Gasteiger partial charge in [0.05, 0.1) is 24.6 Å². The maximum Gasteiger partial charge on any atom is 0.313 e. The lowest BCUT2D eigenvalue weighted by atomic mass is 9.93. The lowest BCUT2D eigenvalue weighted by Crippen LogP contribution is -2.17. The molecule has 0 amide bonds. The van der Waals surface area contributed by atoms with E-state index in [9.17, 15) is 4.79 Å². The molecule has 2 rings (SSSR count). The number of ether oxygens (including phenoxy) is 2. The first-order valence-electron chi connectivity index (χ1n) is 5.59. The molecule has 1 atom stereocenters. The van der Waals surface area contributed by atoms with E-state index in [1.54, 1.807) is 7.11 Å². The third-order valence-corrected chi connectivity index (χ3v) is 3.71. The van der Waals surface area contributed by atoms with E-state index in [-0.39, 0.29) is 11.9 Å². The van der Waals surface area contributed by atoms with Crippen molar-refractivity contribution in [3.05, 3.63) is 28.2 Å². The van der Waals surface area contributed by atoms with Crippen LogP contribution in [0.5, 0.6) is 5.75 Å². The summed E-state index contributed by atoms with van der Waals surface area (Å²) < 4.78 is 11.1. The van der Waals surface area contributed by atoms with Gasteiger partial charge in [-0.05, 0) is 40.8 Å². The van der Waals surface area contributed by atoms with Crippen LogP contribution in [0.4, 0.5) is 0 Å². The minimum absolute atomic E-state index is 0.177. The first-order valence-corrected chi connectivity index (χ1v) is 6.38. The van der Waals surface area contributed by atoms with Crippen molar-refractivity contribution in [2.45, 2.75) is 18.8 Å². The molecular formula is C13H15BrO3. The first-order chi connectivity index (χ1) is 8.19. The number of carbonyl (C=O) groups is 1. The number of halogens is 1. The van der Waals surface area contributed by atoms with Crippen LogP contribution >= 0.6 is 15.9 Å². The van der Waals surface area contributed by atoms with E-state index in [0.717, 1.165) is 28.6 Å². The van der Waals surface area contributed by atoms with Gasteiger partial charge in [-0.1, -0.05) is 12.1 Å². The molecule has 0 heterocycles. The molecule has 1 aromatic rings. The molecule has 0 spiro atoms. The molecule has 0 saturated heterocycles. The summed E-state index contributed by atoms with van der Waals surface area (Å²) in [4.78, 5) is 11.9. The smallest absolute Gasteiger partial charge is 0.313 e. The second kappa shape index (κ2) is 5.08. The molecule has 1 aliphatic rings. The topological polar surface area (TPSA) is 35.5 Å². The molecule has 1 unspecified atom stereocenters. The number of benzene rings is 1. The van der Waals surface area contributed by atoms with Gasteiger partial charge in [0.1, 0.15) is 5.75 Å². The summed E-state index contributed by atoms with van der Waals surface area (Å²) in [7, 11) is 3.05. The Kier molecular flexibility index (Phi) is 3.72. The van der Waals surface area contributed by atoms with E-state index in [2.05, 4.69) is 15.9 Å². The average Bonchev–Trinajstić information content (AvgIpc) is 3.14.